The summed E-state index contributed by atoms with van der Waals surface area (Å²) in [5, 5.41) is 3.50. The second kappa shape index (κ2) is 7.70. The van der Waals surface area contributed by atoms with Gasteiger partial charge in [-0.15, -0.1) is 0 Å². The van der Waals surface area contributed by atoms with E-state index in [-0.39, 0.29) is 5.91 Å². The van der Waals surface area contributed by atoms with Crippen molar-refractivity contribution in [3.63, 3.8) is 0 Å². The molecular weight excluding hydrogens is 286 g/mol. The van der Waals surface area contributed by atoms with Crippen LogP contribution in [0.3, 0.4) is 0 Å². The monoisotopic (exact) mass is 303 g/mol. The van der Waals surface area contributed by atoms with Crippen molar-refractivity contribution < 1.29 is 9.53 Å². The maximum Gasteiger partial charge on any atom is 0.223 e. The molecule has 1 amide bonds. The standard InChI is InChI=1S/C17H18ClNO2/c1-13-6-2-5-9-16(13)21-11-10-17(20)19-12-14-7-3-4-8-15(14)18/h2-9H,10-12H2,1H3,(H,19,20). The lowest BCUT2D eigenvalue weighted by Gasteiger charge is -2.09. The van der Waals surface area contributed by atoms with Crippen LogP contribution in [0.5, 0.6) is 5.75 Å². The molecule has 2 aromatic rings. The van der Waals surface area contributed by atoms with E-state index in [0.717, 1.165) is 16.9 Å². The van der Waals surface area contributed by atoms with Crippen LogP contribution in [0.2, 0.25) is 5.02 Å². The molecule has 0 aliphatic rings. The zero-order valence-electron chi connectivity index (χ0n) is 11.9. The number of hydrogen-bond donors (Lipinski definition) is 1. The van der Waals surface area contributed by atoms with Crippen molar-refractivity contribution in [2.75, 3.05) is 6.61 Å². The van der Waals surface area contributed by atoms with Gasteiger partial charge in [-0.25, -0.2) is 0 Å². The third-order valence-corrected chi connectivity index (χ3v) is 3.48. The van der Waals surface area contributed by atoms with Crippen molar-refractivity contribution in [1.29, 1.82) is 0 Å². The van der Waals surface area contributed by atoms with Crippen LogP contribution in [-0.4, -0.2) is 12.5 Å². The molecule has 0 heterocycles. The second-order valence-electron chi connectivity index (χ2n) is 4.73. The number of nitrogens with one attached hydrogen (secondary N) is 1. The average Bonchev–Trinajstić information content (AvgIpc) is 2.48. The highest BCUT2D eigenvalue weighted by atomic mass is 35.5. The summed E-state index contributed by atoms with van der Waals surface area (Å²) >= 11 is 6.03. The van der Waals surface area contributed by atoms with Crippen molar-refractivity contribution in [1.82, 2.24) is 5.32 Å². The van der Waals surface area contributed by atoms with Gasteiger partial charge in [-0.3, -0.25) is 4.79 Å². The van der Waals surface area contributed by atoms with Crippen molar-refractivity contribution in [2.45, 2.75) is 19.9 Å². The zero-order chi connectivity index (χ0) is 15.1. The number of carbonyl (C=O) groups is 1. The highest BCUT2D eigenvalue weighted by Gasteiger charge is 2.05. The van der Waals surface area contributed by atoms with E-state index in [1.165, 1.54) is 0 Å². The summed E-state index contributed by atoms with van der Waals surface area (Å²) in [7, 11) is 0. The van der Waals surface area contributed by atoms with Gasteiger partial charge < -0.3 is 10.1 Å². The van der Waals surface area contributed by atoms with E-state index in [1.807, 2.05) is 55.5 Å². The molecule has 2 rings (SSSR count). The smallest absolute Gasteiger partial charge is 0.223 e. The van der Waals surface area contributed by atoms with Gasteiger partial charge in [-0.2, -0.15) is 0 Å². The third kappa shape index (κ3) is 4.80. The summed E-state index contributed by atoms with van der Waals surface area (Å²) in [5.74, 6) is 0.764. The molecule has 0 fully saturated rings. The Hall–Kier alpha value is -2.00. The molecule has 3 nitrogen and oxygen atoms in total. The predicted octanol–water partition coefficient (Wildman–Crippen LogP) is 3.73. The molecule has 0 unspecified atom stereocenters. The Morgan fingerprint density at radius 1 is 1.14 bits per heavy atom. The number of aryl methyl sites for hydroxylation is 1. The van der Waals surface area contributed by atoms with Gasteiger partial charge in [0.05, 0.1) is 13.0 Å². The number of amides is 1. The minimum atomic E-state index is -0.0523. The lowest BCUT2D eigenvalue weighted by atomic mass is 10.2. The fourth-order valence-corrected chi connectivity index (χ4v) is 2.10. The number of rotatable bonds is 6. The van der Waals surface area contributed by atoms with Crippen molar-refractivity contribution in [3.05, 3.63) is 64.7 Å². The summed E-state index contributed by atoms with van der Waals surface area (Å²) in [6.45, 7) is 2.77. The first-order chi connectivity index (χ1) is 10.2. The predicted molar refractivity (Wildman–Crippen MR) is 84.6 cm³/mol. The van der Waals surface area contributed by atoms with E-state index in [0.29, 0.717) is 24.6 Å². The Morgan fingerprint density at radius 2 is 1.86 bits per heavy atom. The molecule has 110 valence electrons. The van der Waals surface area contributed by atoms with E-state index in [1.54, 1.807) is 0 Å². The van der Waals surface area contributed by atoms with E-state index < -0.39 is 0 Å². The molecule has 0 aliphatic carbocycles. The van der Waals surface area contributed by atoms with Crippen LogP contribution < -0.4 is 10.1 Å². The quantitative estimate of drug-likeness (QED) is 0.883. The van der Waals surface area contributed by atoms with Gasteiger partial charge in [0, 0.05) is 11.6 Å². The number of benzene rings is 2. The molecule has 4 heteroatoms. The molecule has 0 saturated heterocycles. The van der Waals surface area contributed by atoms with Crippen LogP contribution in [-0.2, 0) is 11.3 Å². The Morgan fingerprint density at radius 3 is 2.62 bits per heavy atom. The number of para-hydroxylation sites is 1. The Labute approximate surface area is 129 Å². The number of carbonyl (C=O) groups excluding carboxylic acids is 1. The lowest BCUT2D eigenvalue weighted by Crippen LogP contribution is -2.24. The van der Waals surface area contributed by atoms with Crippen LogP contribution >= 0.6 is 11.6 Å². The highest BCUT2D eigenvalue weighted by Crippen LogP contribution is 2.16. The van der Waals surface area contributed by atoms with Gasteiger partial charge >= 0.3 is 0 Å². The van der Waals surface area contributed by atoms with Gasteiger partial charge in [0.15, 0.2) is 0 Å². The summed E-state index contributed by atoms with van der Waals surface area (Å²) in [5.41, 5.74) is 1.97. The summed E-state index contributed by atoms with van der Waals surface area (Å²) in [6.07, 6.45) is 0.318. The fraction of sp³-hybridized carbons (Fsp3) is 0.235. The Kier molecular flexibility index (Phi) is 5.64. The normalized spacial score (nSPS) is 10.2. The van der Waals surface area contributed by atoms with Crippen LogP contribution in [0.15, 0.2) is 48.5 Å². The minimum Gasteiger partial charge on any atom is -0.493 e. The maximum absolute atomic E-state index is 11.8. The van der Waals surface area contributed by atoms with E-state index in [2.05, 4.69) is 5.32 Å². The SMILES string of the molecule is Cc1ccccc1OCCC(=O)NCc1ccccc1Cl. The molecule has 21 heavy (non-hydrogen) atoms. The molecule has 0 bridgehead atoms. The molecule has 0 radical (unpaired) electrons. The van der Waals surface area contributed by atoms with Crippen LogP contribution in [0.1, 0.15) is 17.5 Å². The fourth-order valence-electron chi connectivity index (χ4n) is 1.90. The van der Waals surface area contributed by atoms with Crippen LogP contribution in [0, 0.1) is 6.92 Å². The Balaban J connectivity index is 1.73. The number of hydrogen-bond acceptors (Lipinski definition) is 2. The first-order valence-corrected chi connectivity index (χ1v) is 7.23. The topological polar surface area (TPSA) is 38.3 Å². The summed E-state index contributed by atoms with van der Waals surface area (Å²) in [6, 6.07) is 15.2. The number of ether oxygens (including phenoxy) is 1. The first-order valence-electron chi connectivity index (χ1n) is 6.85. The molecule has 2 aromatic carbocycles. The molecule has 0 aromatic heterocycles. The lowest BCUT2D eigenvalue weighted by molar-refractivity contribution is -0.121. The minimum absolute atomic E-state index is 0.0523. The zero-order valence-corrected chi connectivity index (χ0v) is 12.7. The largest absolute Gasteiger partial charge is 0.493 e. The van der Waals surface area contributed by atoms with Crippen molar-refractivity contribution in [2.24, 2.45) is 0 Å². The molecule has 1 N–H and O–H groups in total. The maximum atomic E-state index is 11.8. The van der Waals surface area contributed by atoms with E-state index in [9.17, 15) is 4.79 Å². The van der Waals surface area contributed by atoms with Gasteiger partial charge in [-0.05, 0) is 30.2 Å². The molecule has 0 saturated carbocycles. The third-order valence-electron chi connectivity index (χ3n) is 3.11. The second-order valence-corrected chi connectivity index (χ2v) is 5.14. The molecule has 0 atom stereocenters. The van der Waals surface area contributed by atoms with Crippen LogP contribution in [0.4, 0.5) is 0 Å². The first kappa shape index (κ1) is 15.4. The van der Waals surface area contributed by atoms with Gasteiger partial charge in [0.2, 0.25) is 5.91 Å². The molecular formula is C17H18ClNO2. The van der Waals surface area contributed by atoms with Crippen molar-refractivity contribution >= 4 is 17.5 Å². The highest BCUT2D eigenvalue weighted by molar-refractivity contribution is 6.31. The van der Waals surface area contributed by atoms with Gasteiger partial charge in [-0.1, -0.05) is 48.0 Å². The number of halogens is 1. The van der Waals surface area contributed by atoms with Gasteiger partial charge in [0.1, 0.15) is 5.75 Å². The van der Waals surface area contributed by atoms with Gasteiger partial charge in [0.25, 0.3) is 0 Å². The van der Waals surface area contributed by atoms with E-state index in [4.69, 9.17) is 16.3 Å². The summed E-state index contributed by atoms with van der Waals surface area (Å²) < 4.78 is 5.60. The summed E-state index contributed by atoms with van der Waals surface area (Å²) in [4.78, 5) is 11.8. The average molecular weight is 304 g/mol. The van der Waals surface area contributed by atoms with Crippen LogP contribution in [0.25, 0.3) is 0 Å². The van der Waals surface area contributed by atoms with Crippen molar-refractivity contribution in [3.8, 4) is 5.75 Å². The Bertz CT molecular complexity index is 613. The molecule has 0 aliphatic heterocycles. The van der Waals surface area contributed by atoms with E-state index >= 15 is 0 Å². The molecule has 0 spiro atoms.